The number of hydrogen-bond donors (Lipinski definition) is 0. The van der Waals surface area contributed by atoms with Crippen molar-refractivity contribution in [3.63, 3.8) is 0 Å². The van der Waals surface area contributed by atoms with Crippen molar-refractivity contribution in [3.8, 4) is 0 Å². The summed E-state index contributed by atoms with van der Waals surface area (Å²) >= 11 is 0. The smallest absolute Gasteiger partial charge is 0.550 e. The molecule has 5 heteroatoms. The molecule has 0 amide bonds. The van der Waals surface area contributed by atoms with Crippen LogP contribution < -0.4 is 10.2 Å². The Balaban J connectivity index is -0.000000688. The van der Waals surface area contributed by atoms with E-state index in [9.17, 15) is 19.8 Å². The predicted octanol–water partition coefficient (Wildman–Crippen LogP) is 8.72. The van der Waals surface area contributed by atoms with E-state index in [-0.39, 0.29) is 35.9 Å². The number of carbonyl (C=O) groups excluding carboxylic acids is 2. The van der Waals surface area contributed by atoms with Gasteiger partial charge in [-0.3, -0.25) is 0 Å². The largest absolute Gasteiger partial charge is 2.00 e. The summed E-state index contributed by atoms with van der Waals surface area (Å²) in [5, 5.41) is 20.4. The first kappa shape index (κ1) is 44.1. The van der Waals surface area contributed by atoms with Gasteiger partial charge in [0, 0.05) is 11.9 Å². The van der Waals surface area contributed by atoms with Gasteiger partial charge < -0.3 is 19.8 Å². The van der Waals surface area contributed by atoms with Gasteiger partial charge in [-0.1, -0.05) is 140 Å². The molecule has 0 rings (SSSR count). The zero-order valence-corrected chi connectivity index (χ0v) is 28.3. The molecule has 0 heterocycles. The zero-order chi connectivity index (χ0) is 29.8. The summed E-state index contributed by atoms with van der Waals surface area (Å²) in [6, 6.07) is 0. The summed E-state index contributed by atoms with van der Waals surface area (Å²) in [7, 11) is 0. The van der Waals surface area contributed by atoms with Gasteiger partial charge in [0.05, 0.1) is 0 Å². The SMILES string of the molecule is CCCCC/C=C\C=C\CCCCCCCCC(=O)[O-].CCCCC/C=C\C=C\CCCCCCCCC(=O)[O-].[Mg+2]. The molecule has 0 saturated heterocycles. The molecule has 0 N–H and O–H groups in total. The first-order chi connectivity index (χ1) is 19.5. The van der Waals surface area contributed by atoms with Crippen molar-refractivity contribution in [2.75, 3.05) is 0 Å². The van der Waals surface area contributed by atoms with E-state index >= 15 is 0 Å². The number of unbranched alkanes of at least 4 members (excludes halogenated alkanes) is 18. The molecule has 0 aliphatic rings. The standard InChI is InChI=1S/2C18H32O2.Mg/c2*1-2-3-4-5-6-7-8-9-10-11-12-13-14-15-16-17-18(19)20;/h2*6-9H,2-5,10-17H2,1H3,(H,19,20);/q;;+2/p-2/b2*7-6-,9-8+;. The summed E-state index contributed by atoms with van der Waals surface area (Å²) < 4.78 is 0. The normalized spacial score (nSPS) is 11.4. The summed E-state index contributed by atoms with van der Waals surface area (Å²) in [6.45, 7) is 4.46. The van der Waals surface area contributed by atoms with Crippen LogP contribution in [0.1, 0.15) is 168 Å². The first-order valence-corrected chi connectivity index (χ1v) is 16.6. The fraction of sp³-hybridized carbons (Fsp3) is 0.722. The van der Waals surface area contributed by atoms with Crippen molar-refractivity contribution in [1.82, 2.24) is 0 Å². The van der Waals surface area contributed by atoms with Crippen molar-refractivity contribution in [3.05, 3.63) is 48.6 Å². The fourth-order valence-corrected chi connectivity index (χ4v) is 4.20. The summed E-state index contributed by atoms with van der Waals surface area (Å²) in [4.78, 5) is 20.4. The third-order valence-electron chi connectivity index (χ3n) is 6.72. The number of carboxylic acid groups (broad SMARTS) is 2. The molecule has 0 aromatic rings. The van der Waals surface area contributed by atoms with Crippen LogP contribution in [-0.4, -0.2) is 35.0 Å². The molecule has 0 bridgehead atoms. The molecule has 0 radical (unpaired) electrons. The van der Waals surface area contributed by atoms with Crippen molar-refractivity contribution in [2.45, 2.75) is 168 Å². The van der Waals surface area contributed by atoms with E-state index in [1.807, 2.05) is 0 Å². The summed E-state index contributed by atoms with van der Waals surface area (Å²) in [6.07, 6.45) is 43.9. The molecule has 4 nitrogen and oxygen atoms in total. The Morgan fingerprint density at radius 1 is 0.415 bits per heavy atom. The van der Waals surface area contributed by atoms with Crippen LogP contribution in [-0.2, 0) is 9.59 Å². The van der Waals surface area contributed by atoms with Gasteiger partial charge in [0.15, 0.2) is 0 Å². The van der Waals surface area contributed by atoms with Crippen molar-refractivity contribution < 1.29 is 19.8 Å². The molecule has 0 unspecified atom stereocenters. The van der Waals surface area contributed by atoms with Gasteiger partial charge in [0.25, 0.3) is 0 Å². The van der Waals surface area contributed by atoms with Crippen LogP contribution >= 0.6 is 0 Å². The molecule has 232 valence electrons. The van der Waals surface area contributed by atoms with Crippen LogP contribution in [0.4, 0.5) is 0 Å². The summed E-state index contributed by atoms with van der Waals surface area (Å²) in [5.74, 6) is -1.84. The Kier molecular flexibility index (Phi) is 43.9. The molecule has 0 spiro atoms. The van der Waals surface area contributed by atoms with Crippen LogP contribution in [0.2, 0.25) is 0 Å². The van der Waals surface area contributed by atoms with Crippen molar-refractivity contribution in [1.29, 1.82) is 0 Å². The number of aliphatic carboxylic acids is 2. The Bertz CT molecular complexity index is 596. The molecule has 0 saturated carbocycles. The molecule has 41 heavy (non-hydrogen) atoms. The second-order valence-electron chi connectivity index (χ2n) is 10.8. The monoisotopic (exact) mass is 582 g/mol. The number of carboxylic acids is 2. The van der Waals surface area contributed by atoms with Gasteiger partial charge in [-0.15, -0.1) is 0 Å². The molecule has 0 aliphatic carbocycles. The van der Waals surface area contributed by atoms with E-state index in [4.69, 9.17) is 0 Å². The quantitative estimate of drug-likeness (QED) is 0.0525. The molecular weight excluding hydrogens is 521 g/mol. The third kappa shape index (κ3) is 48.7. The Labute approximate surface area is 270 Å². The fourth-order valence-electron chi connectivity index (χ4n) is 4.20. The van der Waals surface area contributed by atoms with Crippen LogP contribution in [0.15, 0.2) is 48.6 Å². The van der Waals surface area contributed by atoms with Crippen molar-refractivity contribution >= 4 is 35.0 Å². The van der Waals surface area contributed by atoms with Crippen LogP contribution in [0.5, 0.6) is 0 Å². The molecule has 0 aromatic carbocycles. The summed E-state index contributed by atoms with van der Waals surface area (Å²) in [5.41, 5.74) is 0. The molecule has 0 fully saturated rings. The van der Waals surface area contributed by atoms with Gasteiger partial charge in [-0.05, 0) is 77.0 Å². The van der Waals surface area contributed by atoms with E-state index in [2.05, 4.69) is 62.5 Å². The Morgan fingerprint density at radius 2 is 0.659 bits per heavy atom. The minimum absolute atomic E-state index is 0. The molecule has 0 aliphatic heterocycles. The van der Waals surface area contributed by atoms with E-state index in [0.29, 0.717) is 0 Å². The minimum atomic E-state index is -0.919. The maximum absolute atomic E-state index is 10.2. The van der Waals surface area contributed by atoms with E-state index in [0.717, 1.165) is 51.4 Å². The van der Waals surface area contributed by atoms with Crippen LogP contribution in [0.25, 0.3) is 0 Å². The Hall–Kier alpha value is -1.33. The molecule has 0 aromatic heterocycles. The topological polar surface area (TPSA) is 80.3 Å². The molecular formula is C36H62MgO4. The van der Waals surface area contributed by atoms with E-state index in [1.165, 1.54) is 89.9 Å². The van der Waals surface area contributed by atoms with Crippen LogP contribution in [0.3, 0.4) is 0 Å². The van der Waals surface area contributed by atoms with Gasteiger partial charge >= 0.3 is 23.1 Å². The van der Waals surface area contributed by atoms with Gasteiger partial charge in [-0.25, -0.2) is 0 Å². The Morgan fingerprint density at radius 3 is 0.927 bits per heavy atom. The predicted molar refractivity (Wildman–Crippen MR) is 174 cm³/mol. The van der Waals surface area contributed by atoms with Crippen LogP contribution in [0, 0.1) is 0 Å². The van der Waals surface area contributed by atoms with Crippen molar-refractivity contribution in [2.24, 2.45) is 0 Å². The number of allylic oxidation sites excluding steroid dienone is 8. The maximum atomic E-state index is 10.2. The average Bonchev–Trinajstić information content (AvgIpc) is 2.93. The second-order valence-corrected chi connectivity index (χ2v) is 10.8. The van der Waals surface area contributed by atoms with Gasteiger partial charge in [-0.2, -0.15) is 0 Å². The maximum Gasteiger partial charge on any atom is 2.00 e. The van der Waals surface area contributed by atoms with Gasteiger partial charge in [0.2, 0.25) is 0 Å². The zero-order valence-electron chi connectivity index (χ0n) is 26.9. The number of hydrogen-bond acceptors (Lipinski definition) is 4. The average molecular weight is 583 g/mol. The molecule has 0 atom stereocenters. The van der Waals surface area contributed by atoms with E-state index in [1.54, 1.807) is 0 Å². The van der Waals surface area contributed by atoms with E-state index < -0.39 is 11.9 Å². The number of carbonyl (C=O) groups is 2. The third-order valence-corrected chi connectivity index (χ3v) is 6.72. The minimum Gasteiger partial charge on any atom is -0.550 e. The second kappa shape index (κ2) is 40.8. The number of rotatable bonds is 28. The first-order valence-electron chi connectivity index (χ1n) is 16.6. The van der Waals surface area contributed by atoms with Gasteiger partial charge in [0.1, 0.15) is 0 Å².